The number of morpholine rings is 1. The molecule has 3 rings (SSSR count). The molecule has 1 saturated heterocycles. The summed E-state index contributed by atoms with van der Waals surface area (Å²) < 4.78 is 32.8. The van der Waals surface area contributed by atoms with Gasteiger partial charge in [-0.25, -0.2) is 8.42 Å². The average molecular weight is 444 g/mol. The van der Waals surface area contributed by atoms with Gasteiger partial charge in [0.25, 0.3) is 0 Å². The highest BCUT2D eigenvalue weighted by molar-refractivity contribution is 7.89. The molecule has 1 N–H and O–H groups in total. The first-order valence-electron chi connectivity index (χ1n) is 8.55. The average Bonchev–Trinajstić information content (AvgIpc) is 2.97. The summed E-state index contributed by atoms with van der Waals surface area (Å²) in [5.41, 5.74) is 0.668. The van der Waals surface area contributed by atoms with Crippen molar-refractivity contribution in [2.75, 3.05) is 31.6 Å². The fourth-order valence-electron chi connectivity index (χ4n) is 2.76. The highest BCUT2D eigenvalue weighted by Crippen LogP contribution is 2.26. The molecule has 11 nitrogen and oxygen atoms in total. The van der Waals surface area contributed by atoms with Crippen molar-refractivity contribution in [3.63, 3.8) is 0 Å². The third-order valence-electron chi connectivity index (χ3n) is 4.33. The summed E-state index contributed by atoms with van der Waals surface area (Å²) in [5.74, 6) is -1.01. The van der Waals surface area contributed by atoms with Gasteiger partial charge in [-0.15, -0.1) is 0 Å². The zero-order chi connectivity index (χ0) is 21.2. The monoisotopic (exact) mass is 443 g/mol. The van der Waals surface area contributed by atoms with Crippen LogP contribution in [-0.4, -0.2) is 59.6 Å². The molecule has 1 aliphatic heterocycles. The van der Waals surface area contributed by atoms with Gasteiger partial charge in [-0.1, -0.05) is 11.6 Å². The van der Waals surface area contributed by atoms with Crippen molar-refractivity contribution in [2.45, 2.75) is 18.4 Å². The molecule has 0 spiro atoms. The predicted octanol–water partition coefficient (Wildman–Crippen LogP) is 1.41. The molecule has 0 saturated carbocycles. The van der Waals surface area contributed by atoms with Crippen LogP contribution >= 0.6 is 11.6 Å². The zero-order valence-electron chi connectivity index (χ0n) is 15.4. The Morgan fingerprint density at radius 3 is 2.48 bits per heavy atom. The fourth-order valence-corrected chi connectivity index (χ4v) is 4.37. The molecule has 0 unspecified atom stereocenters. The van der Waals surface area contributed by atoms with E-state index in [1.807, 2.05) is 0 Å². The van der Waals surface area contributed by atoms with E-state index >= 15 is 0 Å². The fraction of sp³-hybridized carbons (Fsp3) is 0.375. The Hall–Kier alpha value is -2.54. The normalized spacial score (nSPS) is 15.2. The van der Waals surface area contributed by atoms with Gasteiger partial charge in [-0.2, -0.15) is 8.99 Å². The minimum Gasteiger partial charge on any atom is -0.379 e. The van der Waals surface area contributed by atoms with Crippen molar-refractivity contribution in [1.82, 2.24) is 14.1 Å². The largest absolute Gasteiger partial charge is 0.408 e. The van der Waals surface area contributed by atoms with E-state index in [-0.39, 0.29) is 16.5 Å². The maximum Gasteiger partial charge on any atom is 0.408 e. The molecular weight excluding hydrogens is 426 g/mol. The van der Waals surface area contributed by atoms with E-state index < -0.39 is 26.7 Å². The summed E-state index contributed by atoms with van der Waals surface area (Å²) in [5, 5.41) is 17.1. The number of ether oxygens (including phenoxy) is 1. The number of carbonyl (C=O) groups excluding carboxylic acids is 1. The first-order valence-corrected chi connectivity index (χ1v) is 10.4. The van der Waals surface area contributed by atoms with E-state index in [1.165, 1.54) is 35.5 Å². The molecule has 0 bridgehead atoms. The third-order valence-corrected chi connectivity index (χ3v) is 6.68. The molecule has 1 fully saturated rings. The number of aromatic nitrogens is 2. The van der Waals surface area contributed by atoms with Crippen molar-refractivity contribution in [1.29, 1.82) is 0 Å². The van der Waals surface area contributed by atoms with Crippen molar-refractivity contribution >= 4 is 39.0 Å². The number of carbonyl (C=O) groups is 1. The van der Waals surface area contributed by atoms with Crippen molar-refractivity contribution < 1.29 is 22.9 Å². The van der Waals surface area contributed by atoms with Gasteiger partial charge < -0.3 is 20.2 Å². The number of nitro groups is 1. The molecule has 2 aromatic rings. The standard InChI is InChI=1S/C16H18ClN5O6S/c1-11-15(17)16(22(24)25)19-21(11)10-14(23)18-12-2-4-13(5-3-12)29(26,27)20-6-8-28-9-7-20/h2-5H,6-10H2,1H3,(H,18,23). The highest BCUT2D eigenvalue weighted by Gasteiger charge is 2.27. The summed E-state index contributed by atoms with van der Waals surface area (Å²) in [6.07, 6.45) is 0. The van der Waals surface area contributed by atoms with E-state index in [1.54, 1.807) is 0 Å². The first-order chi connectivity index (χ1) is 13.7. The van der Waals surface area contributed by atoms with E-state index in [4.69, 9.17) is 16.3 Å². The second-order valence-corrected chi connectivity index (χ2v) is 8.54. The molecule has 1 aliphatic rings. The highest BCUT2D eigenvalue weighted by atomic mass is 35.5. The number of amides is 1. The molecule has 13 heteroatoms. The molecule has 1 amide bonds. The second kappa shape index (κ2) is 8.45. The van der Waals surface area contributed by atoms with E-state index in [9.17, 15) is 23.3 Å². The lowest BCUT2D eigenvalue weighted by molar-refractivity contribution is -0.389. The molecule has 0 radical (unpaired) electrons. The molecule has 156 valence electrons. The minimum absolute atomic E-state index is 0.114. The molecule has 1 aromatic heterocycles. The van der Waals surface area contributed by atoms with Crippen LogP contribution in [0.5, 0.6) is 0 Å². The maximum absolute atomic E-state index is 12.6. The summed E-state index contributed by atoms with van der Waals surface area (Å²) in [7, 11) is -3.62. The van der Waals surface area contributed by atoms with Crippen molar-refractivity contribution in [2.24, 2.45) is 0 Å². The van der Waals surface area contributed by atoms with Crippen LogP contribution in [0, 0.1) is 17.0 Å². The molecule has 29 heavy (non-hydrogen) atoms. The van der Waals surface area contributed by atoms with Crippen LogP contribution in [0.2, 0.25) is 5.02 Å². The summed E-state index contributed by atoms with van der Waals surface area (Å²) in [4.78, 5) is 22.5. The lowest BCUT2D eigenvalue weighted by Gasteiger charge is -2.26. The summed E-state index contributed by atoms with van der Waals surface area (Å²) in [6, 6.07) is 5.75. The van der Waals surface area contributed by atoms with Gasteiger partial charge in [-0.3, -0.25) is 4.79 Å². The van der Waals surface area contributed by atoms with Gasteiger partial charge in [-0.05, 0) is 36.1 Å². The van der Waals surface area contributed by atoms with Crippen LogP contribution in [0.4, 0.5) is 11.5 Å². The number of nitrogens with one attached hydrogen (secondary N) is 1. The Labute approximate surface area is 171 Å². The van der Waals surface area contributed by atoms with Gasteiger partial charge in [0.1, 0.15) is 6.54 Å². The van der Waals surface area contributed by atoms with Gasteiger partial charge in [0.2, 0.25) is 15.9 Å². The second-order valence-electron chi connectivity index (χ2n) is 6.23. The van der Waals surface area contributed by atoms with Crippen LogP contribution < -0.4 is 5.32 Å². The number of halogens is 1. The third kappa shape index (κ3) is 4.56. The lowest BCUT2D eigenvalue weighted by atomic mass is 10.3. The molecular formula is C16H18ClN5O6S. The Morgan fingerprint density at radius 1 is 1.31 bits per heavy atom. The Kier molecular flexibility index (Phi) is 6.17. The van der Waals surface area contributed by atoms with Crippen molar-refractivity contribution in [3.05, 3.63) is 45.1 Å². The minimum atomic E-state index is -3.62. The van der Waals surface area contributed by atoms with E-state index in [2.05, 4.69) is 10.4 Å². The van der Waals surface area contributed by atoms with E-state index in [0.29, 0.717) is 37.7 Å². The number of hydrogen-bond donors (Lipinski definition) is 1. The number of hydrogen-bond acceptors (Lipinski definition) is 7. The van der Waals surface area contributed by atoms with Gasteiger partial charge >= 0.3 is 5.82 Å². The predicted molar refractivity (Wildman–Crippen MR) is 103 cm³/mol. The van der Waals surface area contributed by atoms with Gasteiger partial charge in [0.15, 0.2) is 5.02 Å². The topological polar surface area (TPSA) is 137 Å². The number of rotatable bonds is 6. The zero-order valence-corrected chi connectivity index (χ0v) is 16.9. The molecule has 0 atom stereocenters. The summed E-state index contributed by atoms with van der Waals surface area (Å²) in [6.45, 7) is 2.51. The number of benzene rings is 1. The summed E-state index contributed by atoms with van der Waals surface area (Å²) >= 11 is 5.85. The van der Waals surface area contributed by atoms with Crippen LogP contribution in [0.3, 0.4) is 0 Å². The number of nitrogens with zero attached hydrogens (tertiary/aromatic N) is 4. The Morgan fingerprint density at radius 2 is 1.93 bits per heavy atom. The molecule has 2 heterocycles. The number of anilines is 1. The molecule has 1 aromatic carbocycles. The quantitative estimate of drug-likeness (QED) is 0.526. The maximum atomic E-state index is 12.6. The van der Waals surface area contributed by atoms with Gasteiger partial charge in [0.05, 0.1) is 28.9 Å². The Bertz CT molecular complexity index is 1030. The first kappa shape index (κ1) is 21.2. The molecule has 0 aliphatic carbocycles. The van der Waals surface area contributed by atoms with Crippen LogP contribution in [0.1, 0.15) is 5.69 Å². The SMILES string of the molecule is Cc1c(Cl)c([N+](=O)[O-])nn1CC(=O)Nc1ccc(S(=O)(=O)N2CCOCC2)cc1. The van der Waals surface area contributed by atoms with Crippen LogP contribution in [0.15, 0.2) is 29.2 Å². The van der Waals surface area contributed by atoms with E-state index in [0.717, 1.165) is 4.68 Å². The lowest BCUT2D eigenvalue weighted by Crippen LogP contribution is -2.40. The Balaban J connectivity index is 1.67. The number of sulfonamides is 1. The smallest absolute Gasteiger partial charge is 0.379 e. The van der Waals surface area contributed by atoms with Crippen LogP contribution in [-0.2, 0) is 26.1 Å². The van der Waals surface area contributed by atoms with Crippen LogP contribution in [0.25, 0.3) is 0 Å². The van der Waals surface area contributed by atoms with Crippen molar-refractivity contribution in [3.8, 4) is 0 Å². The van der Waals surface area contributed by atoms with Gasteiger partial charge in [0, 0.05) is 18.8 Å².